The van der Waals surface area contributed by atoms with E-state index in [4.69, 9.17) is 16.2 Å². The maximum atomic E-state index is 12.3. The van der Waals surface area contributed by atoms with Crippen LogP contribution in [0.3, 0.4) is 0 Å². The summed E-state index contributed by atoms with van der Waals surface area (Å²) in [5.41, 5.74) is 11.1. The van der Waals surface area contributed by atoms with Gasteiger partial charge in [0.15, 0.2) is 0 Å². The molecule has 0 aromatic heterocycles. The highest BCUT2D eigenvalue weighted by molar-refractivity contribution is 5.82. The average Bonchev–Trinajstić information content (AvgIpc) is 2.43. The highest BCUT2D eigenvalue weighted by Gasteiger charge is 2.34. The summed E-state index contributed by atoms with van der Waals surface area (Å²) >= 11 is 0. The third-order valence-corrected chi connectivity index (χ3v) is 3.86. The Morgan fingerprint density at radius 3 is 2.15 bits per heavy atom. The van der Waals surface area contributed by atoms with Crippen molar-refractivity contribution in [1.82, 2.24) is 4.90 Å². The fraction of sp³-hybridized carbons (Fsp3) is 0.857. The van der Waals surface area contributed by atoms with Crippen molar-refractivity contribution in [3.63, 3.8) is 0 Å². The lowest BCUT2D eigenvalue weighted by Gasteiger charge is -2.38. The van der Waals surface area contributed by atoms with Crippen molar-refractivity contribution in [2.45, 2.75) is 58.2 Å². The number of rotatable bonds is 9. The molecule has 0 saturated heterocycles. The third kappa shape index (κ3) is 5.09. The van der Waals surface area contributed by atoms with Gasteiger partial charge in [0.05, 0.1) is 24.6 Å². The molecule has 0 aromatic rings. The van der Waals surface area contributed by atoms with Crippen molar-refractivity contribution in [2.75, 3.05) is 14.2 Å². The van der Waals surface area contributed by atoms with Crippen molar-refractivity contribution in [2.24, 2.45) is 17.4 Å². The molecule has 0 spiro atoms. The summed E-state index contributed by atoms with van der Waals surface area (Å²) in [5.74, 6) is -0.396. The van der Waals surface area contributed by atoms with E-state index >= 15 is 0 Å². The van der Waals surface area contributed by atoms with Gasteiger partial charge in [0.25, 0.3) is 0 Å². The molecule has 0 heterocycles. The molecule has 118 valence electrons. The van der Waals surface area contributed by atoms with Gasteiger partial charge in [-0.1, -0.05) is 27.2 Å². The molecule has 0 aromatic carbocycles. The van der Waals surface area contributed by atoms with Gasteiger partial charge in [-0.25, -0.2) is 0 Å². The van der Waals surface area contributed by atoms with E-state index in [0.29, 0.717) is 6.42 Å². The summed E-state index contributed by atoms with van der Waals surface area (Å²) in [7, 11) is 3.24. The first-order valence-electron chi connectivity index (χ1n) is 7.13. The number of likely N-dealkylation sites (N-methyl/N-ethyl adjacent to an activating group) is 1. The Morgan fingerprint density at radius 2 is 1.80 bits per heavy atom. The second kappa shape index (κ2) is 8.92. The number of hydrogen-bond donors (Lipinski definition) is 2. The van der Waals surface area contributed by atoms with Crippen LogP contribution in [-0.4, -0.2) is 49.1 Å². The normalized spacial score (nSPS) is 17.1. The molecule has 0 rings (SSSR count). The van der Waals surface area contributed by atoms with Gasteiger partial charge < -0.3 is 21.1 Å². The number of nitrogens with zero attached hydrogens (tertiary/aromatic N) is 1. The van der Waals surface area contributed by atoms with Gasteiger partial charge in [0, 0.05) is 14.2 Å². The van der Waals surface area contributed by atoms with Crippen molar-refractivity contribution < 1.29 is 14.3 Å². The van der Waals surface area contributed by atoms with Gasteiger partial charge >= 0.3 is 0 Å². The molecule has 0 unspecified atom stereocenters. The van der Waals surface area contributed by atoms with Gasteiger partial charge in [-0.15, -0.1) is 0 Å². The molecule has 0 fully saturated rings. The monoisotopic (exact) mass is 287 g/mol. The molecular formula is C14H29N3O3. The number of hydrogen-bond acceptors (Lipinski definition) is 4. The number of nitrogens with two attached hydrogens (primary N) is 2. The van der Waals surface area contributed by atoms with Gasteiger partial charge in [-0.3, -0.25) is 9.59 Å². The van der Waals surface area contributed by atoms with Gasteiger partial charge in [0.1, 0.15) is 0 Å². The predicted molar refractivity (Wildman–Crippen MR) is 78.9 cm³/mol. The first-order valence-corrected chi connectivity index (χ1v) is 7.13. The summed E-state index contributed by atoms with van der Waals surface area (Å²) in [6.07, 6.45) is 1.11. The zero-order valence-electron chi connectivity index (χ0n) is 13.3. The zero-order chi connectivity index (χ0) is 15.9. The second-order valence-electron chi connectivity index (χ2n) is 5.28. The topological polar surface area (TPSA) is 98.7 Å². The fourth-order valence-electron chi connectivity index (χ4n) is 2.36. The molecule has 0 saturated carbocycles. The highest BCUT2D eigenvalue weighted by atomic mass is 16.5. The van der Waals surface area contributed by atoms with E-state index in [-0.39, 0.29) is 24.3 Å². The Hall–Kier alpha value is -1.14. The van der Waals surface area contributed by atoms with Gasteiger partial charge in [-0.05, 0) is 12.3 Å². The fourth-order valence-corrected chi connectivity index (χ4v) is 2.36. The van der Waals surface area contributed by atoms with Crippen LogP contribution in [-0.2, 0) is 14.3 Å². The van der Waals surface area contributed by atoms with E-state index < -0.39 is 18.1 Å². The van der Waals surface area contributed by atoms with E-state index in [1.54, 1.807) is 11.9 Å². The zero-order valence-corrected chi connectivity index (χ0v) is 13.3. The number of ether oxygens (including phenoxy) is 1. The first-order chi connectivity index (χ1) is 9.29. The van der Waals surface area contributed by atoms with Crippen LogP contribution >= 0.6 is 0 Å². The molecule has 0 aliphatic heterocycles. The average molecular weight is 287 g/mol. The number of methoxy groups -OCH3 is 1. The lowest BCUT2D eigenvalue weighted by atomic mass is 9.90. The lowest BCUT2D eigenvalue weighted by molar-refractivity contribution is -0.140. The summed E-state index contributed by atoms with van der Waals surface area (Å²) < 4.78 is 5.40. The molecule has 6 nitrogen and oxygen atoms in total. The minimum Gasteiger partial charge on any atom is -0.379 e. The molecule has 0 aliphatic carbocycles. The number of amides is 2. The van der Waals surface area contributed by atoms with Crippen LogP contribution in [0.5, 0.6) is 0 Å². The molecular weight excluding hydrogens is 258 g/mol. The maximum Gasteiger partial charge on any atom is 0.239 e. The Morgan fingerprint density at radius 1 is 1.25 bits per heavy atom. The van der Waals surface area contributed by atoms with Crippen LogP contribution in [0.15, 0.2) is 0 Å². The van der Waals surface area contributed by atoms with E-state index in [9.17, 15) is 9.59 Å². The molecule has 0 bridgehead atoms. The Bertz CT molecular complexity index is 323. The quantitative estimate of drug-likeness (QED) is 0.644. The standard InChI is InChI=1S/C14H29N3O3/c1-6-9(3)13(11(20-5)8-12(16)18)17(4)14(19)10(15)7-2/h9-11,13H,6-8,15H2,1-5H3,(H2,16,18)/t9-,10-,11+,13-/m0/s1. The number of carbonyl (C=O) groups excluding carboxylic acids is 2. The first kappa shape index (κ1) is 18.9. The molecule has 0 aliphatic rings. The van der Waals surface area contributed by atoms with Crippen LogP contribution in [0.25, 0.3) is 0 Å². The summed E-state index contributed by atoms with van der Waals surface area (Å²) in [4.78, 5) is 25.1. The third-order valence-electron chi connectivity index (χ3n) is 3.86. The summed E-state index contributed by atoms with van der Waals surface area (Å²) in [6.45, 7) is 5.93. The SMILES string of the molecule is CC[C@H](N)C(=O)N(C)[C@@H]([C@@H](C)CC)[C@@H](CC(N)=O)OC. The minimum absolute atomic E-state index is 0.0878. The highest BCUT2D eigenvalue weighted by Crippen LogP contribution is 2.22. The largest absolute Gasteiger partial charge is 0.379 e. The molecule has 0 radical (unpaired) electrons. The minimum atomic E-state index is -0.530. The van der Waals surface area contributed by atoms with E-state index in [2.05, 4.69) is 0 Å². The van der Waals surface area contributed by atoms with Crippen LogP contribution in [0.1, 0.15) is 40.0 Å². The lowest BCUT2D eigenvalue weighted by Crippen LogP contribution is -2.54. The Balaban J connectivity index is 5.21. The number of carbonyl (C=O) groups is 2. The molecule has 4 N–H and O–H groups in total. The van der Waals surface area contributed by atoms with Crippen molar-refractivity contribution >= 4 is 11.8 Å². The number of primary amides is 1. The smallest absolute Gasteiger partial charge is 0.239 e. The van der Waals surface area contributed by atoms with Crippen LogP contribution in [0.4, 0.5) is 0 Å². The second-order valence-corrected chi connectivity index (χ2v) is 5.28. The van der Waals surface area contributed by atoms with Crippen LogP contribution in [0.2, 0.25) is 0 Å². The van der Waals surface area contributed by atoms with E-state index in [1.807, 2.05) is 20.8 Å². The molecule has 20 heavy (non-hydrogen) atoms. The summed E-state index contributed by atoms with van der Waals surface area (Å²) in [5, 5.41) is 0. The van der Waals surface area contributed by atoms with Crippen molar-refractivity contribution in [3.8, 4) is 0 Å². The van der Waals surface area contributed by atoms with Crippen LogP contribution in [0, 0.1) is 5.92 Å². The van der Waals surface area contributed by atoms with Crippen molar-refractivity contribution in [1.29, 1.82) is 0 Å². The predicted octanol–water partition coefficient (Wildman–Crippen LogP) is 0.487. The Labute approximate surface area is 121 Å². The molecule has 6 heteroatoms. The molecule has 4 atom stereocenters. The summed E-state index contributed by atoms with van der Waals surface area (Å²) in [6, 6.07) is -0.750. The Kier molecular flexibility index (Phi) is 8.41. The van der Waals surface area contributed by atoms with Gasteiger partial charge in [-0.2, -0.15) is 0 Å². The van der Waals surface area contributed by atoms with E-state index in [0.717, 1.165) is 6.42 Å². The van der Waals surface area contributed by atoms with Gasteiger partial charge in [0.2, 0.25) is 11.8 Å². The maximum absolute atomic E-state index is 12.3. The van der Waals surface area contributed by atoms with Crippen molar-refractivity contribution in [3.05, 3.63) is 0 Å². The van der Waals surface area contributed by atoms with Crippen LogP contribution < -0.4 is 11.5 Å². The molecule has 2 amide bonds. The van der Waals surface area contributed by atoms with E-state index in [1.165, 1.54) is 7.11 Å².